The number of carbonyl (C=O) groups is 2. The van der Waals surface area contributed by atoms with Gasteiger partial charge >= 0.3 is 5.97 Å². The second-order valence-corrected chi connectivity index (χ2v) is 6.94. The molecule has 30 heavy (non-hydrogen) atoms. The lowest BCUT2D eigenvalue weighted by Gasteiger charge is -2.10. The van der Waals surface area contributed by atoms with Crippen LogP contribution in [0.15, 0.2) is 60.7 Å². The van der Waals surface area contributed by atoms with Gasteiger partial charge in [-0.15, -0.1) is 0 Å². The van der Waals surface area contributed by atoms with E-state index in [0.717, 1.165) is 16.8 Å². The minimum Gasteiger partial charge on any atom is -0.423 e. The van der Waals surface area contributed by atoms with Crippen molar-refractivity contribution in [1.29, 1.82) is 0 Å². The number of hydrogen-bond acceptors (Lipinski definition) is 5. The molecule has 0 heterocycles. The first kappa shape index (κ1) is 20.7. The summed E-state index contributed by atoms with van der Waals surface area (Å²) in [5.41, 5.74) is 3.73. The Kier molecular flexibility index (Phi) is 5.92. The Balaban J connectivity index is 1.68. The number of nitrogens with one attached hydrogen (secondary N) is 1. The van der Waals surface area contributed by atoms with Gasteiger partial charge in [-0.3, -0.25) is 14.9 Å². The standard InChI is InChI=1S/C23H20N2O5/c1-14-4-10-20(15(2)12-14)24-22(26)17-5-8-19(9-6-17)30-23(27)18-7-11-21(25(28)29)16(3)13-18/h4-13H,1-3H3,(H,24,26). The highest BCUT2D eigenvalue weighted by Crippen LogP contribution is 2.21. The van der Waals surface area contributed by atoms with Crippen LogP contribution in [0.3, 0.4) is 0 Å². The fourth-order valence-corrected chi connectivity index (χ4v) is 2.98. The van der Waals surface area contributed by atoms with Crippen LogP contribution in [-0.4, -0.2) is 16.8 Å². The van der Waals surface area contributed by atoms with Crippen molar-refractivity contribution in [2.24, 2.45) is 0 Å². The van der Waals surface area contributed by atoms with Crippen molar-refractivity contribution in [2.75, 3.05) is 5.32 Å². The zero-order valence-corrected chi connectivity index (χ0v) is 16.8. The Labute approximate surface area is 173 Å². The first-order valence-corrected chi connectivity index (χ1v) is 9.20. The van der Waals surface area contributed by atoms with E-state index in [1.807, 2.05) is 32.0 Å². The first-order valence-electron chi connectivity index (χ1n) is 9.20. The molecule has 0 saturated carbocycles. The molecule has 152 valence electrons. The second kappa shape index (κ2) is 8.57. The van der Waals surface area contributed by atoms with Gasteiger partial charge in [0.05, 0.1) is 10.5 Å². The van der Waals surface area contributed by atoms with Gasteiger partial charge in [-0.1, -0.05) is 17.7 Å². The van der Waals surface area contributed by atoms with Gasteiger partial charge < -0.3 is 10.1 Å². The molecular weight excluding hydrogens is 384 g/mol. The molecule has 1 amide bonds. The number of ether oxygens (including phenoxy) is 1. The Morgan fingerprint density at radius 2 is 1.53 bits per heavy atom. The van der Waals surface area contributed by atoms with E-state index >= 15 is 0 Å². The molecule has 0 saturated heterocycles. The Morgan fingerprint density at radius 3 is 2.13 bits per heavy atom. The van der Waals surface area contributed by atoms with Crippen molar-refractivity contribution in [3.63, 3.8) is 0 Å². The average Bonchev–Trinajstić information content (AvgIpc) is 2.70. The molecule has 3 aromatic carbocycles. The van der Waals surface area contributed by atoms with Crippen LogP contribution in [0.5, 0.6) is 5.75 Å². The van der Waals surface area contributed by atoms with Crippen LogP contribution in [0.25, 0.3) is 0 Å². The van der Waals surface area contributed by atoms with Crippen molar-refractivity contribution >= 4 is 23.3 Å². The average molecular weight is 404 g/mol. The summed E-state index contributed by atoms with van der Waals surface area (Å²) in [6.45, 7) is 5.46. The fourth-order valence-electron chi connectivity index (χ4n) is 2.98. The minimum atomic E-state index is -0.638. The number of esters is 1. The molecular formula is C23H20N2O5. The van der Waals surface area contributed by atoms with E-state index in [0.29, 0.717) is 11.1 Å². The summed E-state index contributed by atoms with van der Waals surface area (Å²) in [5, 5.41) is 13.7. The van der Waals surface area contributed by atoms with Crippen molar-refractivity contribution in [3.05, 3.63) is 98.6 Å². The van der Waals surface area contributed by atoms with Crippen LogP contribution >= 0.6 is 0 Å². The molecule has 0 aromatic heterocycles. The van der Waals surface area contributed by atoms with Crippen molar-refractivity contribution in [2.45, 2.75) is 20.8 Å². The molecule has 0 aliphatic carbocycles. The number of nitro groups is 1. The lowest BCUT2D eigenvalue weighted by molar-refractivity contribution is -0.385. The summed E-state index contributed by atoms with van der Waals surface area (Å²) >= 11 is 0. The maximum Gasteiger partial charge on any atom is 0.343 e. The highest BCUT2D eigenvalue weighted by molar-refractivity contribution is 6.04. The maximum atomic E-state index is 12.5. The van der Waals surface area contributed by atoms with E-state index in [1.54, 1.807) is 19.1 Å². The number of nitro benzene ring substituents is 1. The normalized spacial score (nSPS) is 10.4. The van der Waals surface area contributed by atoms with Crippen molar-refractivity contribution in [1.82, 2.24) is 0 Å². The molecule has 0 spiro atoms. The molecule has 0 atom stereocenters. The van der Waals surface area contributed by atoms with Gasteiger partial charge in [-0.2, -0.15) is 0 Å². The van der Waals surface area contributed by atoms with Crippen LogP contribution < -0.4 is 10.1 Å². The molecule has 0 bridgehead atoms. The highest BCUT2D eigenvalue weighted by Gasteiger charge is 2.16. The quantitative estimate of drug-likeness (QED) is 0.279. The Bertz CT molecular complexity index is 1140. The van der Waals surface area contributed by atoms with Gasteiger partial charge in [0, 0.05) is 22.9 Å². The van der Waals surface area contributed by atoms with Crippen LogP contribution in [0, 0.1) is 30.9 Å². The SMILES string of the molecule is Cc1ccc(NC(=O)c2ccc(OC(=O)c3ccc([N+](=O)[O-])c(C)c3)cc2)c(C)c1. The number of rotatable bonds is 5. The lowest BCUT2D eigenvalue weighted by Crippen LogP contribution is -2.13. The Morgan fingerprint density at radius 1 is 0.867 bits per heavy atom. The molecule has 3 aromatic rings. The predicted octanol–water partition coefficient (Wildman–Crippen LogP) is 4.99. The highest BCUT2D eigenvalue weighted by atomic mass is 16.6. The van der Waals surface area contributed by atoms with E-state index in [4.69, 9.17) is 4.74 Å². The largest absolute Gasteiger partial charge is 0.423 e. The molecule has 0 unspecified atom stereocenters. The van der Waals surface area contributed by atoms with Gasteiger partial charge in [0.25, 0.3) is 11.6 Å². The number of hydrogen-bond donors (Lipinski definition) is 1. The van der Waals surface area contributed by atoms with Gasteiger partial charge in [0.1, 0.15) is 5.75 Å². The zero-order chi connectivity index (χ0) is 21.8. The predicted molar refractivity (Wildman–Crippen MR) is 113 cm³/mol. The number of amides is 1. The molecule has 0 aliphatic rings. The van der Waals surface area contributed by atoms with Crippen molar-refractivity contribution < 1.29 is 19.2 Å². The number of aryl methyl sites for hydroxylation is 3. The zero-order valence-electron chi connectivity index (χ0n) is 16.8. The van der Waals surface area contributed by atoms with Gasteiger partial charge in [-0.05, 0) is 68.8 Å². The third-order valence-corrected chi connectivity index (χ3v) is 4.59. The smallest absolute Gasteiger partial charge is 0.343 e. The van der Waals surface area contributed by atoms with E-state index in [-0.39, 0.29) is 22.9 Å². The number of nitrogens with zero attached hydrogens (tertiary/aromatic N) is 1. The molecule has 0 aliphatic heterocycles. The molecule has 7 heteroatoms. The summed E-state index contributed by atoms with van der Waals surface area (Å²) in [6, 6.07) is 15.9. The van der Waals surface area contributed by atoms with Gasteiger partial charge in [0.15, 0.2) is 0 Å². The number of benzene rings is 3. The van der Waals surface area contributed by atoms with Crippen LogP contribution in [0.1, 0.15) is 37.4 Å². The molecule has 3 rings (SSSR count). The topological polar surface area (TPSA) is 98.5 Å². The summed E-state index contributed by atoms with van der Waals surface area (Å²) in [4.78, 5) is 35.1. The van der Waals surface area contributed by atoms with E-state index in [9.17, 15) is 19.7 Å². The van der Waals surface area contributed by atoms with Gasteiger partial charge in [-0.25, -0.2) is 4.79 Å². The van der Waals surface area contributed by atoms with E-state index in [1.165, 1.54) is 30.3 Å². The summed E-state index contributed by atoms with van der Waals surface area (Å²) in [6.07, 6.45) is 0. The number of anilines is 1. The molecule has 0 fully saturated rings. The first-order chi connectivity index (χ1) is 14.2. The van der Waals surface area contributed by atoms with Gasteiger partial charge in [0.2, 0.25) is 0 Å². The third kappa shape index (κ3) is 4.70. The summed E-state index contributed by atoms with van der Waals surface area (Å²) in [7, 11) is 0. The minimum absolute atomic E-state index is 0.0641. The Hall–Kier alpha value is -4.00. The van der Waals surface area contributed by atoms with Crippen LogP contribution in [-0.2, 0) is 0 Å². The fraction of sp³-hybridized carbons (Fsp3) is 0.130. The van der Waals surface area contributed by atoms with Crippen molar-refractivity contribution in [3.8, 4) is 5.75 Å². The molecule has 7 nitrogen and oxygen atoms in total. The monoisotopic (exact) mass is 404 g/mol. The van der Waals surface area contributed by atoms with Crippen LogP contribution in [0.4, 0.5) is 11.4 Å². The lowest BCUT2D eigenvalue weighted by atomic mass is 10.1. The summed E-state index contributed by atoms with van der Waals surface area (Å²) < 4.78 is 5.30. The van der Waals surface area contributed by atoms with Crippen LogP contribution in [0.2, 0.25) is 0 Å². The molecule has 0 radical (unpaired) electrons. The molecule has 1 N–H and O–H groups in total. The third-order valence-electron chi connectivity index (χ3n) is 4.59. The number of carbonyl (C=O) groups excluding carboxylic acids is 2. The van der Waals surface area contributed by atoms with E-state index in [2.05, 4.69) is 5.32 Å². The maximum absolute atomic E-state index is 12.5. The summed E-state index contributed by atoms with van der Waals surface area (Å²) in [5.74, 6) is -0.648. The van der Waals surface area contributed by atoms with E-state index < -0.39 is 10.9 Å². The second-order valence-electron chi connectivity index (χ2n) is 6.94.